The van der Waals surface area contributed by atoms with E-state index in [1.165, 1.54) is 22.1 Å². The quantitative estimate of drug-likeness (QED) is 0.743. The third-order valence-electron chi connectivity index (χ3n) is 5.78. The van der Waals surface area contributed by atoms with Crippen LogP contribution >= 0.6 is 11.3 Å². The molecule has 0 unspecified atom stereocenters. The van der Waals surface area contributed by atoms with Crippen molar-refractivity contribution in [3.05, 3.63) is 16.8 Å². The third kappa shape index (κ3) is 3.97. The van der Waals surface area contributed by atoms with Gasteiger partial charge in [-0.05, 0) is 45.6 Å². The molecule has 2 aliphatic rings. The fourth-order valence-corrected chi connectivity index (χ4v) is 6.76. The minimum absolute atomic E-state index is 0.0120. The zero-order valence-electron chi connectivity index (χ0n) is 16.7. The standard InChI is InChI=1S/C19H26N4O4S2/c1-3-20-18(24)13-7-9-23(10-8-13)29(25,26)16-11-15(28-12(16)2)17-21-19(27-22-17)14-5-4-6-14/h11,13-14H,3-10H2,1-2H3,(H,20,24). The van der Waals surface area contributed by atoms with Crippen molar-refractivity contribution in [3.8, 4) is 10.7 Å². The Bertz CT molecular complexity index is 986. The Morgan fingerprint density at radius 3 is 2.66 bits per heavy atom. The van der Waals surface area contributed by atoms with Crippen molar-refractivity contribution >= 4 is 27.3 Å². The molecular weight excluding hydrogens is 412 g/mol. The summed E-state index contributed by atoms with van der Waals surface area (Å²) in [6.07, 6.45) is 4.39. The van der Waals surface area contributed by atoms with Gasteiger partial charge in [0.1, 0.15) is 0 Å². The van der Waals surface area contributed by atoms with E-state index < -0.39 is 10.0 Å². The molecule has 1 saturated heterocycles. The van der Waals surface area contributed by atoms with Gasteiger partial charge in [0.25, 0.3) is 0 Å². The number of hydrogen-bond acceptors (Lipinski definition) is 7. The number of amides is 1. The molecule has 2 fully saturated rings. The summed E-state index contributed by atoms with van der Waals surface area (Å²) in [5.74, 6) is 1.33. The Kier molecular flexibility index (Phi) is 5.76. The fourth-order valence-electron chi connectivity index (χ4n) is 3.80. The summed E-state index contributed by atoms with van der Waals surface area (Å²) in [6, 6.07) is 1.65. The van der Waals surface area contributed by atoms with Gasteiger partial charge in [0, 0.05) is 36.3 Å². The molecule has 2 aromatic rings. The molecule has 0 bridgehead atoms. The highest BCUT2D eigenvalue weighted by Crippen LogP contribution is 2.38. The van der Waals surface area contributed by atoms with Gasteiger partial charge in [0.15, 0.2) is 0 Å². The topological polar surface area (TPSA) is 105 Å². The molecule has 158 valence electrons. The van der Waals surface area contributed by atoms with Crippen LogP contribution in [0.2, 0.25) is 0 Å². The molecule has 3 heterocycles. The average molecular weight is 439 g/mol. The Labute approximate surface area is 174 Å². The number of thiophene rings is 1. The molecular formula is C19H26N4O4S2. The fraction of sp³-hybridized carbons (Fsp3) is 0.632. The highest BCUT2D eigenvalue weighted by Gasteiger charge is 2.34. The lowest BCUT2D eigenvalue weighted by Crippen LogP contribution is -2.43. The van der Waals surface area contributed by atoms with Crippen LogP contribution < -0.4 is 5.32 Å². The number of carbonyl (C=O) groups excluding carboxylic acids is 1. The number of nitrogens with one attached hydrogen (secondary N) is 1. The van der Waals surface area contributed by atoms with Crippen LogP contribution in [0, 0.1) is 12.8 Å². The number of piperidine rings is 1. The summed E-state index contributed by atoms with van der Waals surface area (Å²) in [7, 11) is -3.62. The molecule has 0 aromatic carbocycles. The lowest BCUT2D eigenvalue weighted by atomic mass is 9.85. The number of carbonyl (C=O) groups is 1. The van der Waals surface area contributed by atoms with E-state index >= 15 is 0 Å². The van der Waals surface area contributed by atoms with Crippen molar-refractivity contribution in [2.24, 2.45) is 5.92 Å². The van der Waals surface area contributed by atoms with E-state index in [2.05, 4.69) is 15.5 Å². The Balaban J connectivity index is 1.49. The van der Waals surface area contributed by atoms with Crippen molar-refractivity contribution in [1.29, 1.82) is 0 Å². The highest BCUT2D eigenvalue weighted by atomic mass is 32.2. The summed E-state index contributed by atoms with van der Waals surface area (Å²) < 4.78 is 33.2. The van der Waals surface area contributed by atoms with Crippen LogP contribution in [0.1, 0.15) is 55.7 Å². The summed E-state index contributed by atoms with van der Waals surface area (Å²) in [5.41, 5.74) is 0. The van der Waals surface area contributed by atoms with Crippen molar-refractivity contribution in [2.45, 2.75) is 56.8 Å². The number of hydrogen-bond donors (Lipinski definition) is 1. The Morgan fingerprint density at radius 2 is 2.03 bits per heavy atom. The summed E-state index contributed by atoms with van der Waals surface area (Å²) in [5, 5.41) is 6.88. The van der Waals surface area contributed by atoms with Crippen molar-refractivity contribution in [3.63, 3.8) is 0 Å². The summed E-state index contributed by atoms with van der Waals surface area (Å²) in [4.78, 5) is 18.2. The first kappa shape index (κ1) is 20.5. The maximum Gasteiger partial charge on any atom is 0.244 e. The van der Waals surface area contributed by atoms with Crippen LogP contribution in [-0.4, -0.2) is 48.4 Å². The molecule has 10 heteroatoms. The normalized spacial score (nSPS) is 19.2. The third-order valence-corrected chi connectivity index (χ3v) is 8.98. The second-order valence-electron chi connectivity index (χ2n) is 7.69. The van der Waals surface area contributed by atoms with E-state index in [9.17, 15) is 13.2 Å². The number of aromatic nitrogens is 2. The second-order valence-corrected chi connectivity index (χ2v) is 10.9. The summed E-state index contributed by atoms with van der Waals surface area (Å²) >= 11 is 1.37. The van der Waals surface area contributed by atoms with E-state index in [0.717, 1.165) is 12.8 Å². The largest absolute Gasteiger partial charge is 0.356 e. The first-order chi connectivity index (χ1) is 13.9. The Hall–Kier alpha value is -1.78. The molecule has 4 rings (SSSR count). The molecule has 0 atom stereocenters. The van der Waals surface area contributed by atoms with Gasteiger partial charge in [0.05, 0.1) is 9.77 Å². The van der Waals surface area contributed by atoms with Crippen LogP contribution in [0.3, 0.4) is 0 Å². The molecule has 8 nitrogen and oxygen atoms in total. The molecule has 0 spiro atoms. The zero-order valence-corrected chi connectivity index (χ0v) is 18.3. The SMILES string of the molecule is CCNC(=O)C1CCN(S(=O)(=O)c2cc(-c3noc(C4CCC4)n3)sc2C)CC1. The van der Waals surface area contributed by atoms with Gasteiger partial charge in [-0.15, -0.1) is 11.3 Å². The molecule has 0 radical (unpaired) electrons. The van der Waals surface area contributed by atoms with Crippen LogP contribution in [0.25, 0.3) is 10.7 Å². The maximum absolute atomic E-state index is 13.2. The molecule has 2 aromatic heterocycles. The lowest BCUT2D eigenvalue weighted by Gasteiger charge is -2.30. The van der Waals surface area contributed by atoms with Gasteiger partial charge in [-0.25, -0.2) is 8.42 Å². The van der Waals surface area contributed by atoms with Gasteiger partial charge in [-0.3, -0.25) is 4.79 Å². The molecule has 1 aliphatic carbocycles. The van der Waals surface area contributed by atoms with Crippen LogP contribution in [-0.2, 0) is 14.8 Å². The smallest absolute Gasteiger partial charge is 0.244 e. The van der Waals surface area contributed by atoms with Gasteiger partial charge >= 0.3 is 0 Å². The van der Waals surface area contributed by atoms with Crippen LogP contribution in [0.4, 0.5) is 0 Å². The van der Waals surface area contributed by atoms with E-state index in [-0.39, 0.29) is 11.8 Å². The first-order valence-electron chi connectivity index (χ1n) is 10.1. The highest BCUT2D eigenvalue weighted by molar-refractivity contribution is 7.89. The van der Waals surface area contributed by atoms with Crippen LogP contribution in [0.15, 0.2) is 15.5 Å². The minimum atomic E-state index is -3.62. The van der Waals surface area contributed by atoms with Crippen molar-refractivity contribution < 1.29 is 17.7 Å². The van der Waals surface area contributed by atoms with Gasteiger partial charge < -0.3 is 9.84 Å². The van der Waals surface area contributed by atoms with Crippen molar-refractivity contribution in [1.82, 2.24) is 19.8 Å². The Morgan fingerprint density at radius 1 is 1.31 bits per heavy atom. The first-order valence-corrected chi connectivity index (χ1v) is 12.4. The average Bonchev–Trinajstić information content (AvgIpc) is 3.28. The van der Waals surface area contributed by atoms with E-state index in [1.54, 1.807) is 13.0 Å². The minimum Gasteiger partial charge on any atom is -0.356 e. The number of aryl methyl sites for hydroxylation is 1. The lowest BCUT2D eigenvalue weighted by molar-refractivity contribution is -0.126. The molecule has 29 heavy (non-hydrogen) atoms. The number of rotatable bonds is 6. The van der Waals surface area contributed by atoms with Crippen LogP contribution in [0.5, 0.6) is 0 Å². The van der Waals surface area contributed by atoms with E-state index in [1.807, 2.05) is 6.92 Å². The second kappa shape index (κ2) is 8.16. The van der Waals surface area contributed by atoms with Crippen molar-refractivity contribution in [2.75, 3.05) is 19.6 Å². The molecule has 1 saturated carbocycles. The molecule has 1 amide bonds. The predicted molar refractivity (Wildman–Crippen MR) is 109 cm³/mol. The number of nitrogens with zero attached hydrogens (tertiary/aromatic N) is 3. The molecule has 1 N–H and O–H groups in total. The predicted octanol–water partition coefficient (Wildman–Crippen LogP) is 2.91. The van der Waals surface area contributed by atoms with Gasteiger partial charge in [-0.2, -0.15) is 9.29 Å². The number of sulfonamides is 1. The zero-order chi connectivity index (χ0) is 20.6. The monoisotopic (exact) mass is 438 g/mol. The van der Waals surface area contributed by atoms with Gasteiger partial charge in [-0.1, -0.05) is 11.6 Å². The van der Waals surface area contributed by atoms with E-state index in [0.29, 0.717) is 64.8 Å². The summed E-state index contributed by atoms with van der Waals surface area (Å²) in [6.45, 7) is 4.97. The maximum atomic E-state index is 13.2. The van der Waals surface area contributed by atoms with E-state index in [4.69, 9.17) is 4.52 Å². The van der Waals surface area contributed by atoms with Gasteiger partial charge in [0.2, 0.25) is 27.6 Å². The molecule has 1 aliphatic heterocycles.